The highest BCUT2D eigenvalue weighted by molar-refractivity contribution is 5.96. The van der Waals surface area contributed by atoms with E-state index in [0.29, 0.717) is 30.1 Å². The number of carbonyl (C=O) groups excluding carboxylic acids is 1. The van der Waals surface area contributed by atoms with Gasteiger partial charge in [0.25, 0.3) is 5.91 Å². The summed E-state index contributed by atoms with van der Waals surface area (Å²) < 4.78 is 10.9. The van der Waals surface area contributed by atoms with Gasteiger partial charge in [-0.1, -0.05) is 5.16 Å². The standard InChI is InChI=1S/C18H29N3O4/c1-11-5-20(6-12(2)24-11)7-15-8-21(9-16(15)10-22)18(23)17-13(3)19-25-14(17)4/h11-12,15-16,22H,5-10H2,1-4H3/t11-,12+,15-,16-/m1/s1. The molecule has 140 valence electrons. The molecule has 0 radical (unpaired) electrons. The number of rotatable bonds is 4. The summed E-state index contributed by atoms with van der Waals surface area (Å²) >= 11 is 0. The van der Waals surface area contributed by atoms with Gasteiger partial charge < -0.3 is 19.3 Å². The molecule has 2 aliphatic heterocycles. The molecule has 0 saturated carbocycles. The van der Waals surface area contributed by atoms with E-state index in [0.717, 1.165) is 19.6 Å². The monoisotopic (exact) mass is 351 g/mol. The van der Waals surface area contributed by atoms with Gasteiger partial charge in [-0.3, -0.25) is 9.69 Å². The van der Waals surface area contributed by atoms with Crippen LogP contribution >= 0.6 is 0 Å². The summed E-state index contributed by atoms with van der Waals surface area (Å²) in [6.07, 6.45) is 0.440. The number of aromatic nitrogens is 1. The van der Waals surface area contributed by atoms with Gasteiger partial charge in [-0.25, -0.2) is 0 Å². The molecule has 4 atom stereocenters. The molecule has 0 aliphatic carbocycles. The van der Waals surface area contributed by atoms with Crippen LogP contribution in [-0.4, -0.2) is 77.5 Å². The number of nitrogens with zero attached hydrogens (tertiary/aromatic N) is 3. The van der Waals surface area contributed by atoms with Gasteiger partial charge in [0.1, 0.15) is 11.3 Å². The first-order valence-corrected chi connectivity index (χ1v) is 9.09. The van der Waals surface area contributed by atoms with Gasteiger partial charge in [0, 0.05) is 45.2 Å². The zero-order valence-electron chi connectivity index (χ0n) is 15.6. The van der Waals surface area contributed by atoms with Crippen LogP contribution in [0.5, 0.6) is 0 Å². The van der Waals surface area contributed by atoms with Gasteiger partial charge in [-0.05, 0) is 33.6 Å². The molecular formula is C18H29N3O4. The average Bonchev–Trinajstić information content (AvgIpc) is 3.09. The maximum Gasteiger partial charge on any atom is 0.259 e. The molecule has 2 aliphatic rings. The lowest BCUT2D eigenvalue weighted by Crippen LogP contribution is -2.48. The van der Waals surface area contributed by atoms with Crippen molar-refractivity contribution in [3.05, 3.63) is 17.0 Å². The number of aliphatic hydroxyl groups is 1. The lowest BCUT2D eigenvalue weighted by molar-refractivity contribution is -0.0726. The Balaban J connectivity index is 1.67. The third-order valence-corrected chi connectivity index (χ3v) is 5.33. The molecule has 0 bridgehead atoms. The molecule has 3 rings (SSSR count). The highest BCUT2D eigenvalue weighted by Gasteiger charge is 2.38. The lowest BCUT2D eigenvalue weighted by atomic mass is 9.96. The van der Waals surface area contributed by atoms with Crippen molar-refractivity contribution in [1.29, 1.82) is 0 Å². The third kappa shape index (κ3) is 3.88. The number of hydrogen-bond acceptors (Lipinski definition) is 6. The number of ether oxygens (including phenoxy) is 1. The molecular weight excluding hydrogens is 322 g/mol. The summed E-state index contributed by atoms with van der Waals surface area (Å²) in [5.41, 5.74) is 1.19. The predicted octanol–water partition coefficient (Wildman–Crippen LogP) is 1.08. The minimum atomic E-state index is -0.0408. The van der Waals surface area contributed by atoms with Gasteiger partial charge in [-0.2, -0.15) is 0 Å². The van der Waals surface area contributed by atoms with Crippen molar-refractivity contribution < 1.29 is 19.2 Å². The van der Waals surface area contributed by atoms with Crippen molar-refractivity contribution in [3.8, 4) is 0 Å². The summed E-state index contributed by atoms with van der Waals surface area (Å²) in [4.78, 5) is 17.1. The Morgan fingerprint density at radius 3 is 2.36 bits per heavy atom. The molecule has 1 amide bonds. The fraction of sp³-hybridized carbons (Fsp3) is 0.778. The van der Waals surface area contributed by atoms with Crippen LogP contribution in [0.15, 0.2) is 4.52 Å². The zero-order chi connectivity index (χ0) is 18.1. The van der Waals surface area contributed by atoms with Crippen LogP contribution in [0.2, 0.25) is 0 Å². The number of likely N-dealkylation sites (tertiary alicyclic amines) is 1. The Morgan fingerprint density at radius 1 is 1.16 bits per heavy atom. The third-order valence-electron chi connectivity index (χ3n) is 5.33. The first-order valence-electron chi connectivity index (χ1n) is 9.09. The topological polar surface area (TPSA) is 79.0 Å². The molecule has 7 nitrogen and oxygen atoms in total. The molecule has 0 unspecified atom stereocenters. The molecule has 1 aromatic heterocycles. The second-order valence-corrected chi connectivity index (χ2v) is 7.59. The van der Waals surface area contributed by atoms with Crippen molar-refractivity contribution in [2.24, 2.45) is 11.8 Å². The molecule has 3 heterocycles. The van der Waals surface area contributed by atoms with Crippen LogP contribution in [0.1, 0.15) is 35.7 Å². The molecule has 0 spiro atoms. The van der Waals surface area contributed by atoms with Gasteiger partial charge in [0.2, 0.25) is 0 Å². The summed E-state index contributed by atoms with van der Waals surface area (Å²) in [6, 6.07) is 0. The largest absolute Gasteiger partial charge is 0.396 e. The Hall–Kier alpha value is -1.44. The SMILES string of the molecule is Cc1noc(C)c1C(=O)N1C[C@@H](CN2C[C@@H](C)O[C@@H](C)C2)[C@@H](CO)C1. The maximum atomic E-state index is 12.9. The summed E-state index contributed by atoms with van der Waals surface area (Å²) in [7, 11) is 0. The van der Waals surface area contributed by atoms with E-state index in [4.69, 9.17) is 9.26 Å². The molecule has 2 saturated heterocycles. The normalized spacial score (nSPS) is 30.8. The van der Waals surface area contributed by atoms with Crippen LogP contribution in [0.4, 0.5) is 0 Å². The quantitative estimate of drug-likeness (QED) is 0.875. The van der Waals surface area contributed by atoms with E-state index in [1.165, 1.54) is 0 Å². The summed E-state index contributed by atoms with van der Waals surface area (Å²) in [5.74, 6) is 0.896. The minimum absolute atomic E-state index is 0.0408. The number of hydrogen-bond donors (Lipinski definition) is 1. The molecule has 2 fully saturated rings. The van der Waals surface area contributed by atoms with Gasteiger partial charge >= 0.3 is 0 Å². The molecule has 0 aromatic carbocycles. The van der Waals surface area contributed by atoms with Crippen LogP contribution in [0.25, 0.3) is 0 Å². The Bertz CT molecular complexity index is 588. The smallest absolute Gasteiger partial charge is 0.259 e. The van der Waals surface area contributed by atoms with Crippen LogP contribution in [0.3, 0.4) is 0 Å². The Kier molecular flexibility index (Phi) is 5.46. The maximum absolute atomic E-state index is 12.9. The van der Waals surface area contributed by atoms with Crippen LogP contribution in [0, 0.1) is 25.7 Å². The van der Waals surface area contributed by atoms with E-state index >= 15 is 0 Å². The molecule has 1 aromatic rings. The van der Waals surface area contributed by atoms with E-state index < -0.39 is 0 Å². The second kappa shape index (κ2) is 7.43. The van der Waals surface area contributed by atoms with E-state index in [2.05, 4.69) is 23.9 Å². The van der Waals surface area contributed by atoms with Crippen LogP contribution < -0.4 is 0 Å². The number of amides is 1. The highest BCUT2D eigenvalue weighted by atomic mass is 16.5. The molecule has 1 N–H and O–H groups in total. The molecule has 25 heavy (non-hydrogen) atoms. The van der Waals surface area contributed by atoms with Crippen molar-refractivity contribution in [3.63, 3.8) is 0 Å². The van der Waals surface area contributed by atoms with Crippen molar-refractivity contribution >= 4 is 5.91 Å². The number of aliphatic hydroxyl groups excluding tert-OH is 1. The van der Waals surface area contributed by atoms with Crippen molar-refractivity contribution in [2.75, 3.05) is 39.3 Å². The van der Waals surface area contributed by atoms with Gasteiger partial charge in [0.05, 0.1) is 17.9 Å². The fourth-order valence-electron chi connectivity index (χ4n) is 4.23. The van der Waals surface area contributed by atoms with Crippen molar-refractivity contribution in [1.82, 2.24) is 15.0 Å². The zero-order valence-corrected chi connectivity index (χ0v) is 15.6. The second-order valence-electron chi connectivity index (χ2n) is 7.59. The first-order chi connectivity index (χ1) is 11.9. The average molecular weight is 351 g/mol. The van der Waals surface area contributed by atoms with E-state index in [-0.39, 0.29) is 36.6 Å². The van der Waals surface area contributed by atoms with Crippen LogP contribution in [-0.2, 0) is 4.74 Å². The van der Waals surface area contributed by atoms with E-state index in [1.54, 1.807) is 13.8 Å². The molecule has 7 heteroatoms. The summed E-state index contributed by atoms with van der Waals surface area (Å²) in [6.45, 7) is 11.8. The summed E-state index contributed by atoms with van der Waals surface area (Å²) in [5, 5.41) is 13.7. The van der Waals surface area contributed by atoms with Crippen molar-refractivity contribution in [2.45, 2.75) is 39.9 Å². The lowest BCUT2D eigenvalue weighted by Gasteiger charge is -2.37. The van der Waals surface area contributed by atoms with E-state index in [1.807, 2.05) is 4.90 Å². The minimum Gasteiger partial charge on any atom is -0.396 e. The number of aryl methyl sites for hydroxylation is 2. The highest BCUT2D eigenvalue weighted by Crippen LogP contribution is 2.28. The predicted molar refractivity (Wildman–Crippen MR) is 92.4 cm³/mol. The number of carbonyl (C=O) groups is 1. The number of morpholine rings is 1. The first kappa shape index (κ1) is 18.4. The van der Waals surface area contributed by atoms with Gasteiger partial charge in [0.15, 0.2) is 0 Å². The Morgan fingerprint density at radius 2 is 1.80 bits per heavy atom. The van der Waals surface area contributed by atoms with E-state index in [9.17, 15) is 9.90 Å². The fourth-order valence-corrected chi connectivity index (χ4v) is 4.23. The Labute approximate surface area is 148 Å². The van der Waals surface area contributed by atoms with Gasteiger partial charge in [-0.15, -0.1) is 0 Å².